The van der Waals surface area contributed by atoms with E-state index in [1.807, 2.05) is 6.07 Å². The molecule has 18 heavy (non-hydrogen) atoms. The molecule has 2 rings (SSSR count). The molecule has 3 nitrogen and oxygen atoms in total. The van der Waals surface area contributed by atoms with E-state index in [1.54, 1.807) is 12.1 Å². The average molecular weight is 264 g/mol. The van der Waals surface area contributed by atoms with Gasteiger partial charge in [-0.05, 0) is 44.5 Å². The number of likely N-dealkylation sites (N-methyl/N-ethyl adjacent to an activating group) is 1. The van der Waals surface area contributed by atoms with E-state index in [4.69, 9.17) is 11.6 Å². The monoisotopic (exact) mass is 263 g/mol. The Balaban J connectivity index is 2.31. The first-order valence-corrected chi connectivity index (χ1v) is 6.81. The quantitative estimate of drug-likeness (QED) is 0.912. The molecule has 0 aromatic heterocycles. The molecular formula is C14H18ClN3. The molecule has 4 heteroatoms. The summed E-state index contributed by atoms with van der Waals surface area (Å²) in [5.41, 5.74) is 1.66. The molecule has 0 bridgehead atoms. The summed E-state index contributed by atoms with van der Waals surface area (Å²) >= 11 is 6.06. The van der Waals surface area contributed by atoms with Crippen molar-refractivity contribution in [3.05, 3.63) is 28.8 Å². The van der Waals surface area contributed by atoms with E-state index in [1.165, 1.54) is 6.42 Å². The first-order chi connectivity index (χ1) is 8.76. The highest BCUT2D eigenvalue weighted by atomic mass is 35.5. The number of rotatable bonds is 3. The van der Waals surface area contributed by atoms with Gasteiger partial charge in [-0.3, -0.25) is 0 Å². The highest BCUT2D eigenvalue weighted by molar-refractivity contribution is 6.30. The number of nitrogens with one attached hydrogen (secondary N) is 1. The number of benzene rings is 1. The minimum atomic E-state index is 0.453. The third kappa shape index (κ3) is 2.77. The van der Waals surface area contributed by atoms with E-state index in [9.17, 15) is 5.26 Å². The lowest BCUT2D eigenvalue weighted by atomic mass is 10.0. The standard InChI is InChI=1S/C14H18ClN3/c1-2-18(13-4-3-7-17-10-13)14-8-12(15)6-5-11(14)9-16/h5-6,8,13,17H,2-4,7,10H2,1H3. The lowest BCUT2D eigenvalue weighted by Crippen LogP contribution is -2.46. The Morgan fingerprint density at radius 3 is 3.00 bits per heavy atom. The second-order valence-electron chi connectivity index (χ2n) is 4.56. The maximum Gasteiger partial charge on any atom is 0.101 e. The minimum Gasteiger partial charge on any atom is -0.366 e. The molecule has 1 fully saturated rings. The van der Waals surface area contributed by atoms with Gasteiger partial charge in [0, 0.05) is 24.2 Å². The average Bonchev–Trinajstić information content (AvgIpc) is 2.41. The zero-order valence-electron chi connectivity index (χ0n) is 10.6. The number of piperidine rings is 1. The van der Waals surface area contributed by atoms with Gasteiger partial charge in [0.15, 0.2) is 0 Å². The van der Waals surface area contributed by atoms with Crippen molar-refractivity contribution >= 4 is 17.3 Å². The maximum absolute atomic E-state index is 9.22. The third-order valence-corrected chi connectivity index (χ3v) is 3.68. The summed E-state index contributed by atoms with van der Waals surface area (Å²) in [6, 6.07) is 8.19. The Hall–Kier alpha value is -1.24. The van der Waals surface area contributed by atoms with Crippen LogP contribution >= 0.6 is 11.6 Å². The molecule has 1 atom stereocenters. The van der Waals surface area contributed by atoms with E-state index < -0.39 is 0 Å². The molecule has 1 saturated heterocycles. The summed E-state index contributed by atoms with van der Waals surface area (Å²) in [6.07, 6.45) is 2.35. The molecule has 0 radical (unpaired) electrons. The van der Waals surface area contributed by atoms with Crippen molar-refractivity contribution < 1.29 is 0 Å². The van der Waals surface area contributed by atoms with Gasteiger partial charge in [-0.1, -0.05) is 11.6 Å². The van der Waals surface area contributed by atoms with Crippen molar-refractivity contribution in [2.24, 2.45) is 0 Å². The smallest absolute Gasteiger partial charge is 0.101 e. The molecule has 0 saturated carbocycles. The second-order valence-corrected chi connectivity index (χ2v) is 5.00. The van der Waals surface area contributed by atoms with Crippen LogP contribution in [0.2, 0.25) is 5.02 Å². The SMILES string of the molecule is CCN(c1cc(Cl)ccc1C#N)C1CCCNC1. The van der Waals surface area contributed by atoms with Gasteiger partial charge in [-0.15, -0.1) is 0 Å². The number of nitriles is 1. The second kappa shape index (κ2) is 6.08. The van der Waals surface area contributed by atoms with Crippen LogP contribution in [0.25, 0.3) is 0 Å². The summed E-state index contributed by atoms with van der Waals surface area (Å²) in [7, 11) is 0. The number of hydrogen-bond acceptors (Lipinski definition) is 3. The van der Waals surface area contributed by atoms with Gasteiger partial charge in [0.2, 0.25) is 0 Å². The molecule has 0 aliphatic carbocycles. The molecule has 1 heterocycles. The Labute approximate surface area is 113 Å². The molecule has 1 aliphatic rings. The zero-order valence-corrected chi connectivity index (χ0v) is 11.4. The van der Waals surface area contributed by atoms with Crippen LogP contribution in [-0.2, 0) is 0 Å². The van der Waals surface area contributed by atoms with Crippen molar-refractivity contribution in [2.45, 2.75) is 25.8 Å². The number of anilines is 1. The zero-order chi connectivity index (χ0) is 13.0. The van der Waals surface area contributed by atoms with Crippen LogP contribution in [0.1, 0.15) is 25.3 Å². The van der Waals surface area contributed by atoms with Gasteiger partial charge in [0.1, 0.15) is 6.07 Å². The van der Waals surface area contributed by atoms with E-state index in [-0.39, 0.29) is 0 Å². The van der Waals surface area contributed by atoms with Crippen molar-refractivity contribution in [1.82, 2.24) is 5.32 Å². The molecule has 1 unspecified atom stereocenters. The fourth-order valence-electron chi connectivity index (χ4n) is 2.56. The van der Waals surface area contributed by atoms with Crippen LogP contribution in [0.5, 0.6) is 0 Å². The highest BCUT2D eigenvalue weighted by Crippen LogP contribution is 2.27. The summed E-state index contributed by atoms with van der Waals surface area (Å²) in [5.74, 6) is 0. The number of halogens is 1. The van der Waals surface area contributed by atoms with E-state index in [2.05, 4.69) is 23.2 Å². The predicted molar refractivity (Wildman–Crippen MR) is 75.1 cm³/mol. The Morgan fingerprint density at radius 1 is 1.56 bits per heavy atom. The van der Waals surface area contributed by atoms with Crippen molar-refractivity contribution in [1.29, 1.82) is 5.26 Å². The number of hydrogen-bond donors (Lipinski definition) is 1. The van der Waals surface area contributed by atoms with E-state index in [0.717, 1.165) is 31.7 Å². The third-order valence-electron chi connectivity index (χ3n) is 3.44. The van der Waals surface area contributed by atoms with Crippen molar-refractivity contribution in [2.75, 3.05) is 24.5 Å². The van der Waals surface area contributed by atoms with Crippen LogP contribution in [0.4, 0.5) is 5.69 Å². The van der Waals surface area contributed by atoms with Gasteiger partial charge in [0.05, 0.1) is 11.3 Å². The Morgan fingerprint density at radius 2 is 2.39 bits per heavy atom. The van der Waals surface area contributed by atoms with Gasteiger partial charge < -0.3 is 10.2 Å². The van der Waals surface area contributed by atoms with E-state index in [0.29, 0.717) is 16.6 Å². The Bertz CT molecular complexity index is 447. The summed E-state index contributed by atoms with van der Waals surface area (Å²) in [5, 5.41) is 13.3. The molecule has 96 valence electrons. The molecule has 0 spiro atoms. The van der Waals surface area contributed by atoms with Gasteiger partial charge >= 0.3 is 0 Å². The van der Waals surface area contributed by atoms with Crippen LogP contribution < -0.4 is 10.2 Å². The van der Waals surface area contributed by atoms with Crippen LogP contribution in [0, 0.1) is 11.3 Å². The highest BCUT2D eigenvalue weighted by Gasteiger charge is 2.22. The lowest BCUT2D eigenvalue weighted by molar-refractivity contribution is 0.435. The largest absolute Gasteiger partial charge is 0.366 e. The topological polar surface area (TPSA) is 39.1 Å². The van der Waals surface area contributed by atoms with Gasteiger partial charge in [-0.25, -0.2) is 0 Å². The minimum absolute atomic E-state index is 0.453. The van der Waals surface area contributed by atoms with Crippen molar-refractivity contribution in [3.8, 4) is 6.07 Å². The number of nitrogens with zero attached hydrogens (tertiary/aromatic N) is 2. The molecule has 1 aromatic rings. The predicted octanol–water partition coefficient (Wildman–Crippen LogP) is 2.79. The first kappa shape index (κ1) is 13.2. The molecule has 1 aliphatic heterocycles. The fourth-order valence-corrected chi connectivity index (χ4v) is 2.73. The van der Waals surface area contributed by atoms with Crippen LogP contribution in [0.3, 0.4) is 0 Å². The first-order valence-electron chi connectivity index (χ1n) is 6.43. The summed E-state index contributed by atoms with van der Waals surface area (Å²) in [4.78, 5) is 2.29. The van der Waals surface area contributed by atoms with Crippen LogP contribution in [-0.4, -0.2) is 25.7 Å². The molecule has 1 aromatic carbocycles. The molecule has 0 amide bonds. The molecular weight excluding hydrogens is 246 g/mol. The van der Waals surface area contributed by atoms with Crippen LogP contribution in [0.15, 0.2) is 18.2 Å². The Kier molecular flexibility index (Phi) is 4.46. The lowest BCUT2D eigenvalue weighted by Gasteiger charge is -2.36. The van der Waals surface area contributed by atoms with Gasteiger partial charge in [-0.2, -0.15) is 5.26 Å². The van der Waals surface area contributed by atoms with E-state index >= 15 is 0 Å². The molecule has 1 N–H and O–H groups in total. The normalized spacial score (nSPS) is 19.3. The van der Waals surface area contributed by atoms with Gasteiger partial charge in [0.25, 0.3) is 0 Å². The van der Waals surface area contributed by atoms with Crippen molar-refractivity contribution in [3.63, 3.8) is 0 Å². The maximum atomic E-state index is 9.22. The summed E-state index contributed by atoms with van der Waals surface area (Å²) < 4.78 is 0. The summed E-state index contributed by atoms with van der Waals surface area (Å²) in [6.45, 7) is 5.08. The fraction of sp³-hybridized carbons (Fsp3) is 0.500.